The fourth-order valence-corrected chi connectivity index (χ4v) is 8.11. The lowest BCUT2D eigenvalue weighted by atomic mass is 9.54. The molecule has 5 heteroatoms. The molecular weight excluding hydrogens is 350 g/mol. The van der Waals surface area contributed by atoms with Crippen molar-refractivity contribution in [1.82, 2.24) is 15.5 Å². The monoisotopic (exact) mass is 383 g/mol. The average molecular weight is 384 g/mol. The van der Waals surface area contributed by atoms with Crippen molar-refractivity contribution in [3.63, 3.8) is 0 Å². The Morgan fingerprint density at radius 2 is 1.79 bits per heavy atom. The normalized spacial score (nSPS) is 39.2. The highest BCUT2D eigenvalue weighted by Gasteiger charge is 2.53. The van der Waals surface area contributed by atoms with Crippen molar-refractivity contribution in [2.75, 3.05) is 0 Å². The van der Waals surface area contributed by atoms with E-state index in [4.69, 9.17) is 4.52 Å². The minimum Gasteiger partial charge on any atom is -0.353 e. The molecule has 1 unspecified atom stereocenters. The molecular formula is C23H33N3O2. The molecule has 1 amide bonds. The maximum absolute atomic E-state index is 13.3. The van der Waals surface area contributed by atoms with Gasteiger partial charge in [0.05, 0.1) is 0 Å². The van der Waals surface area contributed by atoms with Gasteiger partial charge in [-0.1, -0.05) is 18.0 Å². The van der Waals surface area contributed by atoms with E-state index in [1.807, 2.05) is 0 Å². The third kappa shape index (κ3) is 2.91. The molecule has 0 aromatic carbocycles. The molecule has 1 atom stereocenters. The van der Waals surface area contributed by atoms with Gasteiger partial charge < -0.3 is 9.84 Å². The van der Waals surface area contributed by atoms with Gasteiger partial charge in [0.25, 0.3) is 0 Å². The van der Waals surface area contributed by atoms with E-state index in [0.29, 0.717) is 24.3 Å². The molecule has 0 radical (unpaired) electrons. The second kappa shape index (κ2) is 6.56. The van der Waals surface area contributed by atoms with Crippen LogP contribution in [0, 0.1) is 35.0 Å². The summed E-state index contributed by atoms with van der Waals surface area (Å²) in [6, 6.07) is 0.446. The maximum atomic E-state index is 13.3. The molecule has 7 rings (SSSR count). The van der Waals surface area contributed by atoms with Crippen molar-refractivity contribution in [2.45, 2.75) is 89.0 Å². The first kappa shape index (κ1) is 17.5. The second-order valence-electron chi connectivity index (χ2n) is 10.9. The molecule has 6 fully saturated rings. The van der Waals surface area contributed by atoms with Crippen LogP contribution in [0.15, 0.2) is 10.9 Å². The van der Waals surface area contributed by atoms with E-state index in [2.05, 4.69) is 15.5 Å². The van der Waals surface area contributed by atoms with Crippen molar-refractivity contribution >= 4 is 5.91 Å². The third-order valence-electron chi connectivity index (χ3n) is 9.06. The van der Waals surface area contributed by atoms with Crippen LogP contribution >= 0.6 is 0 Å². The maximum Gasteiger partial charge on any atom is 0.230 e. The van der Waals surface area contributed by atoms with Crippen LogP contribution in [0.4, 0.5) is 0 Å². The van der Waals surface area contributed by atoms with Gasteiger partial charge in [0, 0.05) is 18.4 Å². The SMILES string of the molecule is O=C(CC1(C(c2ncno2)C2CC2)CCCC1)NC1C2CC3CC(C2)CC1C3. The van der Waals surface area contributed by atoms with E-state index in [1.165, 1.54) is 64.1 Å². The quantitative estimate of drug-likeness (QED) is 0.788. The Bertz CT molecular complexity index is 692. The van der Waals surface area contributed by atoms with Crippen LogP contribution in [0.2, 0.25) is 0 Å². The summed E-state index contributed by atoms with van der Waals surface area (Å²) in [5, 5.41) is 7.46. The zero-order chi connectivity index (χ0) is 18.7. The number of amides is 1. The molecule has 1 heterocycles. The molecule has 6 aliphatic rings. The Balaban J connectivity index is 1.20. The molecule has 152 valence electrons. The van der Waals surface area contributed by atoms with Gasteiger partial charge in [-0.05, 0) is 92.8 Å². The summed E-state index contributed by atoms with van der Waals surface area (Å²) in [7, 11) is 0. The van der Waals surface area contributed by atoms with Gasteiger partial charge in [-0.2, -0.15) is 4.98 Å². The topological polar surface area (TPSA) is 68.0 Å². The summed E-state index contributed by atoms with van der Waals surface area (Å²) in [5.41, 5.74) is 0.0314. The molecule has 28 heavy (non-hydrogen) atoms. The predicted octanol–water partition coefficient (Wildman–Crippen LogP) is 4.45. The van der Waals surface area contributed by atoms with E-state index in [9.17, 15) is 4.79 Å². The highest BCUT2D eigenvalue weighted by molar-refractivity contribution is 5.77. The zero-order valence-electron chi connectivity index (χ0n) is 16.8. The smallest absolute Gasteiger partial charge is 0.230 e. The van der Waals surface area contributed by atoms with Crippen LogP contribution in [0.25, 0.3) is 0 Å². The van der Waals surface area contributed by atoms with Gasteiger partial charge in [-0.3, -0.25) is 4.79 Å². The Hall–Kier alpha value is -1.39. The molecule has 5 nitrogen and oxygen atoms in total. The van der Waals surface area contributed by atoms with E-state index in [0.717, 1.165) is 42.4 Å². The van der Waals surface area contributed by atoms with Gasteiger partial charge in [-0.25, -0.2) is 0 Å². The highest BCUT2D eigenvalue weighted by Crippen LogP contribution is 2.59. The van der Waals surface area contributed by atoms with Crippen LogP contribution < -0.4 is 5.32 Å². The van der Waals surface area contributed by atoms with Gasteiger partial charge >= 0.3 is 0 Å². The van der Waals surface area contributed by atoms with E-state index in [-0.39, 0.29) is 11.3 Å². The van der Waals surface area contributed by atoms with Crippen molar-refractivity contribution in [3.05, 3.63) is 12.2 Å². The molecule has 6 aliphatic carbocycles. The first-order valence-electron chi connectivity index (χ1n) is 11.8. The fourth-order valence-electron chi connectivity index (χ4n) is 8.11. The molecule has 0 spiro atoms. The third-order valence-corrected chi connectivity index (χ3v) is 9.06. The number of carbonyl (C=O) groups excluding carboxylic acids is 1. The standard InChI is InChI=1S/C23H33N3O2/c27-19(26-21-17-8-14-7-15(10-17)11-18(21)9-14)12-23(5-1-2-6-23)20(16-3-4-16)22-24-13-25-28-22/h13-18,20-21H,1-12H2,(H,26,27). The predicted molar refractivity (Wildman–Crippen MR) is 104 cm³/mol. The summed E-state index contributed by atoms with van der Waals surface area (Å²) < 4.78 is 5.55. The van der Waals surface area contributed by atoms with Crippen molar-refractivity contribution in [1.29, 1.82) is 0 Å². The largest absolute Gasteiger partial charge is 0.353 e. The van der Waals surface area contributed by atoms with Gasteiger partial charge in [-0.15, -0.1) is 0 Å². The molecule has 6 saturated carbocycles. The zero-order valence-corrected chi connectivity index (χ0v) is 16.8. The summed E-state index contributed by atoms with van der Waals surface area (Å²) >= 11 is 0. The van der Waals surface area contributed by atoms with E-state index < -0.39 is 0 Å². The highest BCUT2D eigenvalue weighted by atomic mass is 16.5. The lowest BCUT2D eigenvalue weighted by Gasteiger charge is -2.54. The molecule has 1 aromatic rings. The lowest BCUT2D eigenvalue weighted by molar-refractivity contribution is -0.128. The van der Waals surface area contributed by atoms with E-state index in [1.54, 1.807) is 0 Å². The number of carbonyl (C=O) groups is 1. The number of hydrogen-bond acceptors (Lipinski definition) is 4. The van der Waals surface area contributed by atoms with Crippen LogP contribution in [-0.2, 0) is 4.79 Å². The Morgan fingerprint density at radius 3 is 2.36 bits per heavy atom. The summed E-state index contributed by atoms with van der Waals surface area (Å²) in [5.74, 6) is 5.39. The summed E-state index contributed by atoms with van der Waals surface area (Å²) in [6.07, 6.45) is 16.3. The lowest BCUT2D eigenvalue weighted by Crippen LogP contribution is -2.56. The molecule has 1 aromatic heterocycles. The number of rotatable bonds is 6. The Morgan fingerprint density at radius 1 is 1.11 bits per heavy atom. The summed E-state index contributed by atoms with van der Waals surface area (Å²) in [4.78, 5) is 17.8. The van der Waals surface area contributed by atoms with Crippen molar-refractivity contribution in [2.24, 2.45) is 35.0 Å². The molecule has 0 aliphatic heterocycles. The average Bonchev–Trinajstić information content (AvgIpc) is 3.13. The minimum absolute atomic E-state index is 0.0314. The number of nitrogens with zero attached hydrogens (tertiary/aromatic N) is 2. The van der Waals surface area contributed by atoms with Crippen molar-refractivity contribution in [3.8, 4) is 0 Å². The second-order valence-corrected chi connectivity index (χ2v) is 10.9. The minimum atomic E-state index is 0.0314. The fraction of sp³-hybridized carbons (Fsp3) is 0.870. The number of aromatic nitrogens is 2. The molecule has 1 N–H and O–H groups in total. The number of hydrogen-bond donors (Lipinski definition) is 1. The Labute approximate surface area is 167 Å². The first-order valence-corrected chi connectivity index (χ1v) is 11.8. The molecule has 0 saturated heterocycles. The van der Waals surface area contributed by atoms with Crippen LogP contribution in [-0.4, -0.2) is 22.1 Å². The van der Waals surface area contributed by atoms with Gasteiger partial charge in [0.1, 0.15) is 0 Å². The molecule has 4 bridgehead atoms. The van der Waals surface area contributed by atoms with E-state index >= 15 is 0 Å². The van der Waals surface area contributed by atoms with Crippen LogP contribution in [0.1, 0.15) is 88.9 Å². The first-order chi connectivity index (χ1) is 13.7. The van der Waals surface area contributed by atoms with Crippen molar-refractivity contribution < 1.29 is 9.32 Å². The Kier molecular flexibility index (Phi) is 4.09. The van der Waals surface area contributed by atoms with Gasteiger partial charge in [0.15, 0.2) is 6.33 Å². The summed E-state index contributed by atoms with van der Waals surface area (Å²) in [6.45, 7) is 0. The van der Waals surface area contributed by atoms with Gasteiger partial charge in [0.2, 0.25) is 11.8 Å². The number of nitrogens with one attached hydrogen (secondary N) is 1. The van der Waals surface area contributed by atoms with Crippen LogP contribution in [0.5, 0.6) is 0 Å². The van der Waals surface area contributed by atoms with Crippen LogP contribution in [0.3, 0.4) is 0 Å².